The van der Waals surface area contributed by atoms with E-state index in [9.17, 15) is 0 Å². The highest BCUT2D eigenvalue weighted by Gasteiger charge is 2.17. The lowest BCUT2D eigenvalue weighted by atomic mass is 9.85. The summed E-state index contributed by atoms with van der Waals surface area (Å²) in [6.45, 7) is 0. The van der Waals surface area contributed by atoms with Crippen molar-refractivity contribution in [1.29, 1.82) is 5.41 Å². The maximum Gasteiger partial charge on any atom is 0.109 e. The van der Waals surface area contributed by atoms with Gasteiger partial charge in [0.05, 0.1) is 11.4 Å². The van der Waals surface area contributed by atoms with E-state index >= 15 is 0 Å². The van der Waals surface area contributed by atoms with E-state index in [1.807, 2.05) is 48.8 Å². The molecule has 1 aliphatic carbocycles. The van der Waals surface area contributed by atoms with E-state index in [1.54, 1.807) is 0 Å². The number of hydrogen-bond donors (Lipinski definition) is 2. The lowest BCUT2D eigenvalue weighted by Crippen LogP contribution is -2.13. The maximum atomic E-state index is 8.63. The molecule has 0 radical (unpaired) electrons. The Kier molecular flexibility index (Phi) is 7.60. The molecular weight excluding hydrogens is 621 g/mol. The largest absolute Gasteiger partial charge is 0.299 e. The van der Waals surface area contributed by atoms with Crippen LogP contribution in [0.3, 0.4) is 0 Å². The van der Waals surface area contributed by atoms with Gasteiger partial charge < -0.3 is 0 Å². The molecule has 2 N–H and O–H groups in total. The van der Waals surface area contributed by atoms with Gasteiger partial charge in [0.15, 0.2) is 0 Å². The van der Waals surface area contributed by atoms with Gasteiger partial charge in [0.25, 0.3) is 0 Å². The molecule has 0 spiro atoms. The molecule has 51 heavy (non-hydrogen) atoms. The third-order valence-corrected chi connectivity index (χ3v) is 9.65. The quantitative estimate of drug-likeness (QED) is 0.107. The Labute approximate surface area is 296 Å². The fourth-order valence-corrected chi connectivity index (χ4v) is 7.21. The zero-order valence-corrected chi connectivity index (χ0v) is 27.7. The first-order chi connectivity index (χ1) is 25.2. The van der Waals surface area contributed by atoms with E-state index in [-0.39, 0.29) is 0 Å². The topological polar surface area (TPSA) is 61.1 Å². The third kappa shape index (κ3) is 5.59. The number of aromatic nitrogens is 1. The first kappa shape index (κ1) is 30.2. The Morgan fingerprint density at radius 1 is 0.490 bits per heavy atom. The SMILES string of the molecule is N=C1C=CC(c2cccc(-c3c4ccccc4c(-c4ccccc4)c4ccccc34)c2)=C/C1=N/Nc1ccc(-c2cncc3ccccc23)cc1. The number of benzene rings is 7. The minimum absolute atomic E-state index is 0.356. The molecule has 0 saturated carbocycles. The summed E-state index contributed by atoms with van der Waals surface area (Å²) in [4.78, 5) is 4.44. The molecular formula is C47H32N4. The monoisotopic (exact) mass is 652 g/mol. The Morgan fingerprint density at radius 2 is 1.08 bits per heavy atom. The number of fused-ring (bicyclic) bond motifs is 3. The van der Waals surface area contributed by atoms with Gasteiger partial charge in [-0.2, -0.15) is 5.10 Å². The standard InChI is InChI=1S/C47H32N4/c48-44-26-23-34(28-45(44)51-50-37-24-21-31(22-25-37)43-30-49-29-36-13-4-5-16-38(36)43)33-14-10-15-35(27-33)47-41-19-8-6-17-39(41)46(32-11-2-1-3-12-32)40-18-7-9-20-42(40)47/h1-30,48,50H/b48-44?,51-45-. The van der Waals surface area contributed by atoms with E-state index < -0.39 is 0 Å². The molecule has 1 aromatic heterocycles. The zero-order valence-electron chi connectivity index (χ0n) is 27.7. The summed E-state index contributed by atoms with van der Waals surface area (Å²) in [5.41, 5.74) is 14.0. The lowest BCUT2D eigenvalue weighted by Gasteiger charge is -2.18. The van der Waals surface area contributed by atoms with Crippen LogP contribution in [-0.2, 0) is 0 Å². The van der Waals surface area contributed by atoms with E-state index in [1.165, 1.54) is 43.6 Å². The average molecular weight is 653 g/mol. The van der Waals surface area contributed by atoms with Crippen LogP contribution in [0.5, 0.6) is 0 Å². The van der Waals surface area contributed by atoms with Crippen molar-refractivity contribution in [3.05, 3.63) is 188 Å². The Hall–Kier alpha value is -6.91. The highest BCUT2D eigenvalue weighted by molar-refractivity contribution is 6.51. The molecule has 4 nitrogen and oxygen atoms in total. The summed E-state index contributed by atoms with van der Waals surface area (Å²) >= 11 is 0. The predicted octanol–water partition coefficient (Wildman–Crippen LogP) is 12.0. The van der Waals surface area contributed by atoms with Crippen molar-refractivity contribution in [1.82, 2.24) is 4.98 Å². The summed E-state index contributed by atoms with van der Waals surface area (Å²) < 4.78 is 0. The normalized spacial score (nSPS) is 13.6. The number of pyridine rings is 1. The molecule has 4 heteroatoms. The van der Waals surface area contributed by atoms with Crippen molar-refractivity contribution in [2.24, 2.45) is 5.10 Å². The van der Waals surface area contributed by atoms with Crippen LogP contribution in [-0.4, -0.2) is 16.4 Å². The number of rotatable bonds is 6. The molecule has 0 atom stereocenters. The molecule has 0 amide bonds. The van der Waals surface area contributed by atoms with Crippen molar-refractivity contribution in [3.8, 4) is 33.4 Å². The minimum atomic E-state index is 0.356. The molecule has 8 aromatic rings. The minimum Gasteiger partial charge on any atom is -0.299 e. The van der Waals surface area contributed by atoms with Crippen LogP contribution in [0, 0.1) is 5.41 Å². The highest BCUT2D eigenvalue weighted by Crippen LogP contribution is 2.44. The van der Waals surface area contributed by atoms with Crippen molar-refractivity contribution in [2.45, 2.75) is 0 Å². The van der Waals surface area contributed by atoms with Crippen LogP contribution in [0.25, 0.3) is 71.3 Å². The van der Waals surface area contributed by atoms with E-state index in [0.717, 1.165) is 38.9 Å². The zero-order chi connectivity index (χ0) is 34.1. The van der Waals surface area contributed by atoms with Gasteiger partial charge in [0, 0.05) is 23.3 Å². The number of hydrogen-bond acceptors (Lipinski definition) is 4. The van der Waals surface area contributed by atoms with Crippen molar-refractivity contribution in [2.75, 3.05) is 5.43 Å². The molecule has 0 unspecified atom stereocenters. The number of nitrogens with zero attached hydrogens (tertiary/aromatic N) is 2. The van der Waals surface area contributed by atoms with Crippen LogP contribution in [0.15, 0.2) is 187 Å². The van der Waals surface area contributed by atoms with Crippen LogP contribution in [0.1, 0.15) is 5.56 Å². The number of hydrazone groups is 1. The number of anilines is 1. The maximum absolute atomic E-state index is 8.63. The Morgan fingerprint density at radius 3 is 1.78 bits per heavy atom. The molecule has 7 aromatic carbocycles. The first-order valence-electron chi connectivity index (χ1n) is 17.1. The molecule has 1 heterocycles. The smallest absolute Gasteiger partial charge is 0.109 e. The van der Waals surface area contributed by atoms with Gasteiger partial charge in [-0.3, -0.25) is 15.8 Å². The van der Waals surface area contributed by atoms with Crippen molar-refractivity contribution >= 4 is 55.0 Å². The summed E-state index contributed by atoms with van der Waals surface area (Å²) in [5, 5.41) is 20.5. The second-order valence-corrected chi connectivity index (χ2v) is 12.7. The van der Waals surface area contributed by atoms with E-state index in [0.29, 0.717) is 11.4 Å². The lowest BCUT2D eigenvalue weighted by molar-refractivity contribution is 1.34. The van der Waals surface area contributed by atoms with E-state index in [4.69, 9.17) is 5.41 Å². The van der Waals surface area contributed by atoms with Gasteiger partial charge in [-0.05, 0) is 96.2 Å². The van der Waals surface area contributed by atoms with Gasteiger partial charge in [0.2, 0.25) is 0 Å². The summed E-state index contributed by atoms with van der Waals surface area (Å²) in [6.07, 6.45) is 9.61. The second-order valence-electron chi connectivity index (χ2n) is 12.7. The van der Waals surface area contributed by atoms with Gasteiger partial charge in [-0.25, -0.2) is 0 Å². The first-order valence-corrected chi connectivity index (χ1v) is 17.1. The van der Waals surface area contributed by atoms with Gasteiger partial charge in [0.1, 0.15) is 5.71 Å². The van der Waals surface area contributed by atoms with Crippen molar-refractivity contribution < 1.29 is 0 Å². The molecule has 0 fully saturated rings. The molecule has 0 saturated heterocycles. The third-order valence-electron chi connectivity index (χ3n) is 9.65. The Bertz CT molecular complexity index is 2660. The molecule has 240 valence electrons. The summed E-state index contributed by atoms with van der Waals surface area (Å²) in [6, 6.07) is 53.3. The molecule has 9 rings (SSSR count). The predicted molar refractivity (Wildman–Crippen MR) is 215 cm³/mol. The summed E-state index contributed by atoms with van der Waals surface area (Å²) in [7, 11) is 0. The van der Waals surface area contributed by atoms with Crippen LogP contribution in [0.4, 0.5) is 5.69 Å². The molecule has 0 aliphatic heterocycles. The van der Waals surface area contributed by atoms with Gasteiger partial charge >= 0.3 is 0 Å². The van der Waals surface area contributed by atoms with Crippen LogP contribution < -0.4 is 5.43 Å². The van der Waals surface area contributed by atoms with E-state index in [2.05, 4.69) is 149 Å². The molecule has 0 bridgehead atoms. The van der Waals surface area contributed by atoms with Crippen LogP contribution >= 0.6 is 0 Å². The number of nitrogens with one attached hydrogen (secondary N) is 2. The fourth-order valence-electron chi connectivity index (χ4n) is 7.21. The second kappa shape index (κ2) is 12.8. The average Bonchev–Trinajstić information content (AvgIpc) is 3.20. The van der Waals surface area contributed by atoms with Crippen LogP contribution in [0.2, 0.25) is 0 Å². The Balaban J connectivity index is 1.06. The molecule has 1 aliphatic rings. The summed E-state index contributed by atoms with van der Waals surface area (Å²) in [5.74, 6) is 0. The fraction of sp³-hybridized carbons (Fsp3) is 0. The highest BCUT2D eigenvalue weighted by atomic mass is 15.3. The van der Waals surface area contributed by atoms with Crippen molar-refractivity contribution in [3.63, 3.8) is 0 Å². The van der Waals surface area contributed by atoms with Gasteiger partial charge in [-0.15, -0.1) is 0 Å². The van der Waals surface area contributed by atoms with Gasteiger partial charge in [-0.1, -0.05) is 140 Å². The number of allylic oxidation sites excluding steroid dienone is 4.